The topological polar surface area (TPSA) is 70.7 Å². The van der Waals surface area contributed by atoms with E-state index in [0.717, 1.165) is 5.56 Å². The molecule has 1 heterocycles. The standard InChI is InChI=1S/C19H23N3O3S2/c1-15-5-7-16(8-6-15)14-20-19(26)21-17-3-2-4-18(13-17)27(23,24)22-9-11-25-12-10-22/h2-8,13H,9-12,14H2,1H3,(H2,20,21,26). The monoisotopic (exact) mass is 405 g/mol. The smallest absolute Gasteiger partial charge is 0.243 e. The van der Waals surface area contributed by atoms with Gasteiger partial charge in [0.15, 0.2) is 5.11 Å². The Labute approximate surface area is 165 Å². The van der Waals surface area contributed by atoms with E-state index in [-0.39, 0.29) is 4.90 Å². The summed E-state index contributed by atoms with van der Waals surface area (Å²) in [5.41, 5.74) is 2.96. The molecule has 3 rings (SSSR count). The van der Waals surface area contributed by atoms with Crippen LogP contribution in [0.2, 0.25) is 0 Å². The van der Waals surface area contributed by atoms with Gasteiger partial charge in [0.25, 0.3) is 0 Å². The molecule has 2 aromatic carbocycles. The maximum atomic E-state index is 12.8. The van der Waals surface area contributed by atoms with Crippen molar-refractivity contribution >= 4 is 33.0 Å². The second-order valence-electron chi connectivity index (χ2n) is 6.34. The van der Waals surface area contributed by atoms with Gasteiger partial charge in [-0.2, -0.15) is 4.31 Å². The molecule has 0 bridgehead atoms. The number of anilines is 1. The first-order chi connectivity index (χ1) is 12.9. The minimum atomic E-state index is -3.53. The van der Waals surface area contributed by atoms with Gasteiger partial charge < -0.3 is 15.4 Å². The number of ether oxygens (including phenoxy) is 1. The lowest BCUT2D eigenvalue weighted by Crippen LogP contribution is -2.40. The zero-order chi connectivity index (χ0) is 19.3. The number of hydrogen-bond donors (Lipinski definition) is 2. The molecule has 0 radical (unpaired) electrons. The molecule has 1 saturated heterocycles. The zero-order valence-electron chi connectivity index (χ0n) is 15.1. The van der Waals surface area contributed by atoms with Crippen LogP contribution in [0.3, 0.4) is 0 Å². The summed E-state index contributed by atoms with van der Waals surface area (Å²) in [4.78, 5) is 0.246. The number of morpholine rings is 1. The van der Waals surface area contributed by atoms with Gasteiger partial charge in [-0.15, -0.1) is 0 Å². The SMILES string of the molecule is Cc1ccc(CNC(=S)Nc2cccc(S(=O)(=O)N3CCOCC3)c2)cc1. The number of hydrogen-bond acceptors (Lipinski definition) is 4. The Morgan fingerprint density at radius 2 is 1.85 bits per heavy atom. The van der Waals surface area contributed by atoms with Crippen LogP contribution in [-0.4, -0.2) is 44.1 Å². The Bertz CT molecular complexity index is 893. The van der Waals surface area contributed by atoms with Crippen LogP contribution in [0.25, 0.3) is 0 Å². The molecule has 6 nitrogen and oxygen atoms in total. The molecule has 1 fully saturated rings. The van der Waals surface area contributed by atoms with Crippen LogP contribution in [0.1, 0.15) is 11.1 Å². The molecule has 0 atom stereocenters. The van der Waals surface area contributed by atoms with E-state index >= 15 is 0 Å². The lowest BCUT2D eigenvalue weighted by Gasteiger charge is -2.26. The predicted molar refractivity (Wildman–Crippen MR) is 110 cm³/mol. The van der Waals surface area contributed by atoms with E-state index in [9.17, 15) is 8.42 Å². The molecule has 27 heavy (non-hydrogen) atoms. The number of aryl methyl sites for hydroxylation is 1. The van der Waals surface area contributed by atoms with Gasteiger partial charge in [-0.25, -0.2) is 8.42 Å². The second kappa shape index (κ2) is 8.79. The summed E-state index contributed by atoms with van der Waals surface area (Å²) in [5, 5.41) is 6.63. The fourth-order valence-corrected chi connectivity index (χ4v) is 4.38. The molecule has 2 N–H and O–H groups in total. The summed E-state index contributed by atoms with van der Waals surface area (Å²) in [6, 6.07) is 14.9. The van der Waals surface area contributed by atoms with Gasteiger partial charge in [-0.05, 0) is 42.9 Å². The third kappa shape index (κ3) is 5.26. The van der Waals surface area contributed by atoms with Crippen molar-refractivity contribution in [1.29, 1.82) is 0 Å². The summed E-state index contributed by atoms with van der Waals surface area (Å²) in [7, 11) is -3.53. The van der Waals surface area contributed by atoms with E-state index in [1.54, 1.807) is 24.3 Å². The van der Waals surface area contributed by atoms with Crippen LogP contribution >= 0.6 is 12.2 Å². The molecule has 144 valence electrons. The molecule has 2 aromatic rings. The second-order valence-corrected chi connectivity index (χ2v) is 8.68. The van der Waals surface area contributed by atoms with Crippen molar-refractivity contribution in [2.24, 2.45) is 0 Å². The lowest BCUT2D eigenvalue weighted by molar-refractivity contribution is 0.0730. The van der Waals surface area contributed by atoms with Gasteiger partial charge in [0.2, 0.25) is 10.0 Å². The van der Waals surface area contributed by atoms with E-state index in [1.165, 1.54) is 9.87 Å². The van der Waals surface area contributed by atoms with E-state index < -0.39 is 10.0 Å². The van der Waals surface area contributed by atoms with Crippen molar-refractivity contribution in [2.45, 2.75) is 18.4 Å². The van der Waals surface area contributed by atoms with E-state index in [2.05, 4.69) is 10.6 Å². The van der Waals surface area contributed by atoms with Crippen LogP contribution in [0.15, 0.2) is 53.4 Å². The molecule has 1 aliphatic heterocycles. The Kier molecular flexibility index (Phi) is 6.43. The van der Waals surface area contributed by atoms with Gasteiger partial charge in [0, 0.05) is 25.3 Å². The Balaban J connectivity index is 1.63. The van der Waals surface area contributed by atoms with E-state index in [0.29, 0.717) is 43.6 Å². The van der Waals surface area contributed by atoms with Crippen molar-refractivity contribution < 1.29 is 13.2 Å². The molecule has 0 saturated carbocycles. The van der Waals surface area contributed by atoms with Crippen LogP contribution in [0, 0.1) is 6.92 Å². The van der Waals surface area contributed by atoms with Crippen LogP contribution in [-0.2, 0) is 21.3 Å². The zero-order valence-corrected chi connectivity index (χ0v) is 16.8. The van der Waals surface area contributed by atoms with Gasteiger partial charge in [-0.1, -0.05) is 35.9 Å². The van der Waals surface area contributed by atoms with Crippen molar-refractivity contribution in [3.63, 3.8) is 0 Å². The highest BCUT2D eigenvalue weighted by Crippen LogP contribution is 2.20. The number of rotatable bonds is 5. The number of nitrogens with one attached hydrogen (secondary N) is 2. The quantitative estimate of drug-likeness (QED) is 0.745. The van der Waals surface area contributed by atoms with Gasteiger partial charge in [0.05, 0.1) is 18.1 Å². The normalized spacial score (nSPS) is 15.3. The lowest BCUT2D eigenvalue weighted by atomic mass is 10.1. The third-order valence-corrected chi connectivity index (χ3v) is 6.41. The largest absolute Gasteiger partial charge is 0.379 e. The van der Waals surface area contributed by atoms with Crippen LogP contribution in [0.4, 0.5) is 5.69 Å². The molecule has 8 heteroatoms. The van der Waals surface area contributed by atoms with E-state index in [4.69, 9.17) is 17.0 Å². The number of benzene rings is 2. The van der Waals surface area contributed by atoms with Crippen LogP contribution < -0.4 is 10.6 Å². The van der Waals surface area contributed by atoms with Crippen molar-refractivity contribution in [2.75, 3.05) is 31.6 Å². The first-order valence-electron chi connectivity index (χ1n) is 8.73. The summed E-state index contributed by atoms with van der Waals surface area (Å²) in [5.74, 6) is 0. The van der Waals surface area contributed by atoms with Crippen LogP contribution in [0.5, 0.6) is 0 Å². The van der Waals surface area contributed by atoms with E-state index in [1.807, 2.05) is 31.2 Å². The summed E-state index contributed by atoms with van der Waals surface area (Å²) < 4.78 is 32.2. The predicted octanol–water partition coefficient (Wildman–Crippen LogP) is 2.50. The number of thiocarbonyl (C=S) groups is 1. The molecule has 0 spiro atoms. The summed E-state index contributed by atoms with van der Waals surface area (Å²) in [6.07, 6.45) is 0. The number of sulfonamides is 1. The Morgan fingerprint density at radius 1 is 1.15 bits per heavy atom. The Hall–Kier alpha value is -2.00. The maximum Gasteiger partial charge on any atom is 0.243 e. The molecule has 0 aliphatic carbocycles. The first kappa shape index (κ1) is 19.8. The van der Waals surface area contributed by atoms with Gasteiger partial charge >= 0.3 is 0 Å². The molecule has 0 unspecified atom stereocenters. The fraction of sp³-hybridized carbons (Fsp3) is 0.316. The first-order valence-corrected chi connectivity index (χ1v) is 10.6. The maximum absolute atomic E-state index is 12.8. The summed E-state index contributed by atoms with van der Waals surface area (Å²) in [6.45, 7) is 4.22. The molecule has 1 aliphatic rings. The minimum absolute atomic E-state index is 0.246. The molecule has 0 amide bonds. The number of nitrogens with zero attached hydrogens (tertiary/aromatic N) is 1. The molecule has 0 aromatic heterocycles. The fourth-order valence-electron chi connectivity index (χ4n) is 2.73. The van der Waals surface area contributed by atoms with Gasteiger partial charge in [-0.3, -0.25) is 0 Å². The van der Waals surface area contributed by atoms with Crippen molar-refractivity contribution in [3.05, 3.63) is 59.7 Å². The third-order valence-electron chi connectivity index (χ3n) is 4.27. The average molecular weight is 406 g/mol. The van der Waals surface area contributed by atoms with Gasteiger partial charge in [0.1, 0.15) is 0 Å². The van der Waals surface area contributed by atoms with Crippen molar-refractivity contribution in [1.82, 2.24) is 9.62 Å². The summed E-state index contributed by atoms with van der Waals surface area (Å²) >= 11 is 5.32. The van der Waals surface area contributed by atoms with Crippen molar-refractivity contribution in [3.8, 4) is 0 Å². The molecular weight excluding hydrogens is 382 g/mol. The Morgan fingerprint density at radius 3 is 2.56 bits per heavy atom. The molecular formula is C19H23N3O3S2. The minimum Gasteiger partial charge on any atom is -0.379 e. The average Bonchev–Trinajstić information content (AvgIpc) is 2.68. The highest BCUT2D eigenvalue weighted by molar-refractivity contribution is 7.89. The highest BCUT2D eigenvalue weighted by Gasteiger charge is 2.26. The highest BCUT2D eigenvalue weighted by atomic mass is 32.2.